The molecule has 0 aliphatic rings. The summed E-state index contributed by atoms with van der Waals surface area (Å²) in [6, 6.07) is 22.2. The third-order valence-corrected chi connectivity index (χ3v) is 14.2. The van der Waals surface area contributed by atoms with E-state index in [9.17, 15) is 18.0 Å². The molecule has 1 atom stereocenters. The second-order valence-electron chi connectivity index (χ2n) is 21.0. The lowest BCUT2D eigenvalue weighted by atomic mass is 9.86. The number of anilines is 4. The lowest BCUT2D eigenvalue weighted by molar-refractivity contribution is -0.132. The number of hydrogen-bond donors (Lipinski definition) is 3. The highest BCUT2D eigenvalue weighted by molar-refractivity contribution is 7.92. The summed E-state index contributed by atoms with van der Waals surface area (Å²) in [6.45, 7) is 24.9. The number of sulfonamides is 1. The highest BCUT2D eigenvalue weighted by Crippen LogP contribution is 2.39. The summed E-state index contributed by atoms with van der Waals surface area (Å²) in [7, 11) is -4.11. The number of unbranched alkanes of at least 4 members (excludes halogenated alkanes) is 12. The standard InChI is InChI=1S/C59H87N3O7S/c1-13-15-17-19-20-21-22-23-24-25-27-56(69-49-33-35-55(68-44(9)63)52(40-49)59(10,11)12)58(64)61-54-39-47(30-34-53(54)60-46-28-31-48(32-29-46)67-36-26-18-16-14-2)62-70(65,66)57-50(42(5)6)37-45(41(3)4)38-51(57)43(7)8/h28-35,37-43,56,60,62H,13-27,36H2,1-12H3,(H,61,64). The molecule has 11 heteroatoms. The van der Waals surface area contributed by atoms with Crippen LogP contribution in [-0.4, -0.2) is 33.0 Å². The van der Waals surface area contributed by atoms with Crippen LogP contribution in [0.5, 0.6) is 17.2 Å². The van der Waals surface area contributed by atoms with Crippen molar-refractivity contribution in [1.29, 1.82) is 0 Å². The Hall–Kier alpha value is -5.03. The van der Waals surface area contributed by atoms with Gasteiger partial charge in [-0.3, -0.25) is 14.3 Å². The van der Waals surface area contributed by atoms with E-state index < -0.39 is 27.5 Å². The Morgan fingerprint density at radius 2 is 1.16 bits per heavy atom. The van der Waals surface area contributed by atoms with Gasteiger partial charge in [0.05, 0.1) is 28.6 Å². The van der Waals surface area contributed by atoms with Gasteiger partial charge in [0.1, 0.15) is 17.2 Å². The summed E-state index contributed by atoms with van der Waals surface area (Å²) >= 11 is 0. The largest absolute Gasteiger partial charge is 0.494 e. The predicted octanol–water partition coefficient (Wildman–Crippen LogP) is 16.5. The summed E-state index contributed by atoms with van der Waals surface area (Å²) in [5.74, 6) is 1.03. The number of carbonyl (C=O) groups excluding carboxylic acids is 2. The molecule has 0 heterocycles. The Bertz CT molecular complexity index is 2340. The molecule has 4 aromatic rings. The first-order chi connectivity index (χ1) is 33.2. The predicted molar refractivity (Wildman–Crippen MR) is 291 cm³/mol. The Morgan fingerprint density at radius 1 is 0.614 bits per heavy atom. The van der Waals surface area contributed by atoms with Crippen LogP contribution in [0.15, 0.2) is 77.7 Å². The van der Waals surface area contributed by atoms with E-state index in [0.29, 0.717) is 46.5 Å². The van der Waals surface area contributed by atoms with Crippen LogP contribution in [0.1, 0.15) is 219 Å². The van der Waals surface area contributed by atoms with E-state index >= 15 is 0 Å². The van der Waals surface area contributed by atoms with Gasteiger partial charge in [0.2, 0.25) is 0 Å². The van der Waals surface area contributed by atoms with E-state index in [1.165, 1.54) is 51.9 Å². The molecule has 4 aromatic carbocycles. The third-order valence-electron chi connectivity index (χ3n) is 12.7. The monoisotopic (exact) mass is 982 g/mol. The lowest BCUT2D eigenvalue weighted by Crippen LogP contribution is -2.33. The molecular weight excluding hydrogens is 895 g/mol. The third kappa shape index (κ3) is 18.3. The molecule has 0 fully saturated rings. The molecule has 0 aliphatic heterocycles. The molecule has 0 saturated carbocycles. The summed E-state index contributed by atoms with van der Waals surface area (Å²) < 4.78 is 50.5. The normalized spacial score (nSPS) is 12.3. The highest BCUT2D eigenvalue weighted by Gasteiger charge is 2.29. The fraction of sp³-hybridized carbons (Fsp3) is 0.559. The molecule has 0 aliphatic carbocycles. The van der Waals surface area contributed by atoms with Crippen molar-refractivity contribution in [2.24, 2.45) is 0 Å². The van der Waals surface area contributed by atoms with E-state index in [4.69, 9.17) is 14.2 Å². The molecule has 0 saturated heterocycles. The van der Waals surface area contributed by atoms with E-state index in [-0.39, 0.29) is 23.7 Å². The molecule has 386 valence electrons. The summed E-state index contributed by atoms with van der Waals surface area (Å²) in [4.78, 5) is 27.1. The number of hydrogen-bond acceptors (Lipinski definition) is 8. The fourth-order valence-electron chi connectivity index (χ4n) is 8.59. The van der Waals surface area contributed by atoms with Crippen LogP contribution in [0.2, 0.25) is 0 Å². The fourth-order valence-corrected chi connectivity index (χ4v) is 10.3. The number of nitrogens with one attached hydrogen (secondary N) is 3. The average Bonchev–Trinajstić information content (AvgIpc) is 3.29. The highest BCUT2D eigenvalue weighted by atomic mass is 32.2. The molecular formula is C59H87N3O7S. The Labute approximate surface area is 422 Å². The van der Waals surface area contributed by atoms with Crippen LogP contribution in [0, 0.1) is 0 Å². The van der Waals surface area contributed by atoms with Crippen LogP contribution in [-0.2, 0) is 25.0 Å². The van der Waals surface area contributed by atoms with E-state index in [1.54, 1.807) is 30.3 Å². The SMILES string of the molecule is CCCCCCCCCCCCC(Oc1ccc(OC(C)=O)c(C(C)(C)C)c1)C(=O)Nc1cc(NS(=O)(=O)c2c(C(C)C)cc(C(C)C)cc2C(C)C)ccc1Nc1ccc(OCCCCCC)cc1. The van der Waals surface area contributed by atoms with Crippen molar-refractivity contribution in [2.45, 2.75) is 214 Å². The number of carbonyl (C=O) groups is 2. The average molecular weight is 982 g/mol. The van der Waals surface area contributed by atoms with Gasteiger partial charge in [-0.25, -0.2) is 8.42 Å². The first kappa shape index (κ1) is 57.5. The van der Waals surface area contributed by atoms with E-state index in [0.717, 1.165) is 78.6 Å². The molecule has 1 unspecified atom stereocenters. The molecule has 70 heavy (non-hydrogen) atoms. The van der Waals surface area contributed by atoms with Crippen molar-refractivity contribution in [1.82, 2.24) is 0 Å². The Balaban J connectivity index is 1.73. The summed E-state index contributed by atoms with van der Waals surface area (Å²) in [6.07, 6.45) is 15.5. The topological polar surface area (TPSA) is 132 Å². The van der Waals surface area contributed by atoms with Crippen LogP contribution in [0.4, 0.5) is 22.7 Å². The van der Waals surface area contributed by atoms with Gasteiger partial charge < -0.3 is 24.8 Å². The van der Waals surface area contributed by atoms with Gasteiger partial charge in [-0.15, -0.1) is 0 Å². The van der Waals surface area contributed by atoms with Gasteiger partial charge in [0, 0.05) is 18.2 Å². The Morgan fingerprint density at radius 3 is 1.70 bits per heavy atom. The van der Waals surface area contributed by atoms with Crippen molar-refractivity contribution in [2.75, 3.05) is 22.0 Å². The van der Waals surface area contributed by atoms with Gasteiger partial charge in [-0.2, -0.15) is 0 Å². The van der Waals surface area contributed by atoms with Crippen molar-refractivity contribution in [3.05, 3.63) is 95.1 Å². The van der Waals surface area contributed by atoms with Crippen molar-refractivity contribution >= 4 is 44.6 Å². The molecule has 10 nitrogen and oxygen atoms in total. The van der Waals surface area contributed by atoms with Crippen molar-refractivity contribution < 1.29 is 32.2 Å². The van der Waals surface area contributed by atoms with Crippen LogP contribution in [0.25, 0.3) is 0 Å². The maximum absolute atomic E-state index is 14.8. The number of esters is 1. The van der Waals surface area contributed by atoms with Gasteiger partial charge in [0.15, 0.2) is 6.10 Å². The minimum atomic E-state index is -4.11. The van der Waals surface area contributed by atoms with Crippen LogP contribution in [0.3, 0.4) is 0 Å². The number of ether oxygens (including phenoxy) is 3. The minimum absolute atomic E-state index is 0.0492. The van der Waals surface area contributed by atoms with Gasteiger partial charge in [0.25, 0.3) is 15.9 Å². The summed E-state index contributed by atoms with van der Waals surface area (Å²) in [5.41, 5.74) is 5.02. The Kier molecular flexibility index (Phi) is 23.1. The van der Waals surface area contributed by atoms with Crippen molar-refractivity contribution in [3.8, 4) is 17.2 Å². The zero-order chi connectivity index (χ0) is 51.4. The molecule has 0 aromatic heterocycles. The number of amides is 1. The van der Waals surface area contributed by atoms with Crippen LogP contribution >= 0.6 is 0 Å². The van der Waals surface area contributed by atoms with Gasteiger partial charge in [-0.05, 0) is 120 Å². The van der Waals surface area contributed by atoms with E-state index in [2.05, 4.69) is 43.1 Å². The first-order valence-electron chi connectivity index (χ1n) is 26.4. The quantitative estimate of drug-likeness (QED) is 0.0267. The minimum Gasteiger partial charge on any atom is -0.494 e. The zero-order valence-corrected chi connectivity index (χ0v) is 45.6. The number of benzene rings is 4. The molecule has 0 radical (unpaired) electrons. The second kappa shape index (κ2) is 28.1. The maximum atomic E-state index is 14.8. The van der Waals surface area contributed by atoms with Crippen LogP contribution < -0.4 is 29.6 Å². The summed E-state index contributed by atoms with van der Waals surface area (Å²) in [5, 5.41) is 6.63. The zero-order valence-electron chi connectivity index (χ0n) is 44.8. The van der Waals surface area contributed by atoms with E-state index in [1.807, 2.05) is 90.9 Å². The second-order valence-corrected chi connectivity index (χ2v) is 22.6. The smallest absolute Gasteiger partial charge is 0.308 e. The maximum Gasteiger partial charge on any atom is 0.308 e. The molecule has 0 spiro atoms. The van der Waals surface area contributed by atoms with Crippen molar-refractivity contribution in [3.63, 3.8) is 0 Å². The lowest BCUT2D eigenvalue weighted by Gasteiger charge is -2.25. The molecule has 4 rings (SSSR count). The van der Waals surface area contributed by atoms with Gasteiger partial charge in [-0.1, -0.05) is 165 Å². The molecule has 3 N–H and O–H groups in total. The molecule has 0 bridgehead atoms. The van der Waals surface area contributed by atoms with Gasteiger partial charge >= 0.3 is 5.97 Å². The number of rotatable bonds is 30. The first-order valence-corrected chi connectivity index (χ1v) is 27.9. The molecule has 1 amide bonds.